The van der Waals surface area contributed by atoms with Crippen LogP contribution in [0.5, 0.6) is 0 Å². The summed E-state index contributed by atoms with van der Waals surface area (Å²) >= 11 is 3.80. The predicted molar refractivity (Wildman–Crippen MR) is 89.0 cm³/mol. The van der Waals surface area contributed by atoms with E-state index in [9.17, 15) is 0 Å². The van der Waals surface area contributed by atoms with Crippen LogP contribution in [0.1, 0.15) is 16.3 Å². The first kappa shape index (κ1) is 14.1. The molecule has 2 aromatic rings. The highest BCUT2D eigenvalue weighted by Gasteiger charge is 2.16. The number of thiophene rings is 1. The highest BCUT2D eigenvalue weighted by atomic mass is 32.2. The lowest BCUT2D eigenvalue weighted by Crippen LogP contribution is -2.32. The zero-order valence-corrected chi connectivity index (χ0v) is 13.8. The van der Waals surface area contributed by atoms with Crippen LogP contribution in [0.4, 0.5) is 5.82 Å². The van der Waals surface area contributed by atoms with Crippen molar-refractivity contribution in [3.8, 4) is 0 Å². The third-order valence-corrected chi connectivity index (χ3v) is 5.82. The zero-order chi connectivity index (χ0) is 14.1. The van der Waals surface area contributed by atoms with E-state index in [0.717, 1.165) is 36.1 Å². The molecule has 1 fully saturated rings. The monoisotopic (exact) mass is 308 g/mol. The quantitative estimate of drug-likeness (QED) is 0.944. The highest BCUT2D eigenvalue weighted by molar-refractivity contribution is 7.99. The van der Waals surface area contributed by atoms with Crippen molar-refractivity contribution in [1.29, 1.82) is 0 Å². The maximum Gasteiger partial charge on any atom is 0.146 e. The number of aromatic nitrogens is 2. The van der Waals surface area contributed by atoms with Gasteiger partial charge in [0.15, 0.2) is 0 Å². The van der Waals surface area contributed by atoms with Crippen LogP contribution in [0.15, 0.2) is 0 Å². The molecule has 0 unspecified atom stereocenters. The summed E-state index contributed by atoms with van der Waals surface area (Å²) in [6.45, 7) is 7.45. The van der Waals surface area contributed by atoms with Crippen molar-refractivity contribution in [3.63, 3.8) is 0 Å². The maximum absolute atomic E-state index is 4.78. The topological polar surface area (TPSA) is 41.1 Å². The minimum Gasteiger partial charge on any atom is -0.372 e. The average Bonchev–Trinajstić information content (AvgIpc) is 2.74. The molecule has 0 aromatic carbocycles. The van der Waals surface area contributed by atoms with Gasteiger partial charge in [0.2, 0.25) is 0 Å². The van der Waals surface area contributed by atoms with Crippen molar-refractivity contribution in [2.24, 2.45) is 0 Å². The van der Waals surface area contributed by atoms with Crippen molar-refractivity contribution in [1.82, 2.24) is 14.9 Å². The molecular formula is C14H20N4S2. The van der Waals surface area contributed by atoms with E-state index in [1.165, 1.54) is 27.3 Å². The number of fused-ring (bicyclic) bond motifs is 1. The summed E-state index contributed by atoms with van der Waals surface area (Å²) in [7, 11) is 1.94. The molecule has 0 radical (unpaired) electrons. The standard InChI is InChI=1S/C14H20N4S2/c1-9-10(2)20-14-12(9)13(15-3)16-11(17-14)8-18-4-6-19-7-5-18/h4-8H2,1-3H3,(H,15,16,17). The molecule has 1 N–H and O–H groups in total. The van der Waals surface area contributed by atoms with Gasteiger partial charge in [0.25, 0.3) is 0 Å². The molecule has 6 heteroatoms. The SMILES string of the molecule is CNc1nc(CN2CCSCC2)nc2sc(C)c(C)c12. The molecule has 4 nitrogen and oxygen atoms in total. The molecule has 108 valence electrons. The van der Waals surface area contributed by atoms with E-state index in [0.29, 0.717) is 0 Å². The Bertz CT molecular complexity index is 617. The number of rotatable bonds is 3. The summed E-state index contributed by atoms with van der Waals surface area (Å²) in [4.78, 5) is 14.4. The number of nitrogens with one attached hydrogen (secondary N) is 1. The second-order valence-electron chi connectivity index (χ2n) is 5.09. The fourth-order valence-electron chi connectivity index (χ4n) is 2.50. The molecule has 0 amide bonds. The number of thioether (sulfide) groups is 1. The molecule has 1 aliphatic rings. The minimum absolute atomic E-state index is 0.862. The first-order valence-corrected chi connectivity index (χ1v) is 8.90. The Morgan fingerprint density at radius 2 is 1.95 bits per heavy atom. The Hall–Kier alpha value is -0.850. The van der Waals surface area contributed by atoms with Crippen molar-refractivity contribution in [2.75, 3.05) is 37.0 Å². The van der Waals surface area contributed by atoms with Gasteiger partial charge in [0.1, 0.15) is 16.5 Å². The number of hydrogen-bond donors (Lipinski definition) is 1. The molecule has 0 spiro atoms. The molecule has 3 heterocycles. The first-order chi connectivity index (χ1) is 9.69. The van der Waals surface area contributed by atoms with Crippen LogP contribution in [0.3, 0.4) is 0 Å². The van der Waals surface area contributed by atoms with Crippen LogP contribution in [0, 0.1) is 13.8 Å². The lowest BCUT2D eigenvalue weighted by Gasteiger charge is -2.25. The van der Waals surface area contributed by atoms with Crippen LogP contribution >= 0.6 is 23.1 Å². The second-order valence-corrected chi connectivity index (χ2v) is 7.52. The van der Waals surface area contributed by atoms with Gasteiger partial charge >= 0.3 is 0 Å². The van der Waals surface area contributed by atoms with E-state index in [2.05, 4.69) is 24.1 Å². The Kier molecular flexibility index (Phi) is 4.14. The number of anilines is 1. The summed E-state index contributed by atoms with van der Waals surface area (Å²) in [5.74, 6) is 4.35. The second kappa shape index (κ2) is 5.87. The molecular weight excluding hydrogens is 288 g/mol. The van der Waals surface area contributed by atoms with E-state index in [4.69, 9.17) is 9.97 Å². The largest absolute Gasteiger partial charge is 0.372 e. The zero-order valence-electron chi connectivity index (χ0n) is 12.2. The molecule has 0 saturated carbocycles. The van der Waals surface area contributed by atoms with Crippen LogP contribution in [-0.2, 0) is 6.54 Å². The van der Waals surface area contributed by atoms with Gasteiger partial charge in [-0.15, -0.1) is 11.3 Å². The lowest BCUT2D eigenvalue weighted by atomic mass is 10.2. The van der Waals surface area contributed by atoms with E-state index in [1.54, 1.807) is 11.3 Å². The smallest absolute Gasteiger partial charge is 0.146 e. The molecule has 0 aliphatic carbocycles. The van der Waals surface area contributed by atoms with Gasteiger partial charge in [0.05, 0.1) is 11.9 Å². The number of nitrogens with zero attached hydrogens (tertiary/aromatic N) is 3. The summed E-state index contributed by atoms with van der Waals surface area (Å²) < 4.78 is 0. The summed E-state index contributed by atoms with van der Waals surface area (Å²) in [5.41, 5.74) is 1.30. The van der Waals surface area contributed by atoms with Gasteiger partial charge in [0, 0.05) is 36.5 Å². The molecule has 2 aromatic heterocycles. The molecule has 1 aliphatic heterocycles. The van der Waals surface area contributed by atoms with Crippen molar-refractivity contribution in [3.05, 3.63) is 16.3 Å². The Balaban J connectivity index is 1.95. The van der Waals surface area contributed by atoms with Crippen molar-refractivity contribution < 1.29 is 0 Å². The van der Waals surface area contributed by atoms with Crippen LogP contribution in [0.25, 0.3) is 10.2 Å². The van der Waals surface area contributed by atoms with E-state index in [-0.39, 0.29) is 0 Å². The fourth-order valence-corrected chi connectivity index (χ4v) is 4.53. The first-order valence-electron chi connectivity index (χ1n) is 6.93. The van der Waals surface area contributed by atoms with Gasteiger partial charge in [-0.3, -0.25) is 4.90 Å². The van der Waals surface area contributed by atoms with Gasteiger partial charge in [-0.05, 0) is 19.4 Å². The molecule has 1 saturated heterocycles. The third kappa shape index (κ3) is 2.64. The van der Waals surface area contributed by atoms with Crippen molar-refractivity contribution in [2.45, 2.75) is 20.4 Å². The minimum atomic E-state index is 0.862. The van der Waals surface area contributed by atoms with Gasteiger partial charge in [-0.1, -0.05) is 0 Å². The Labute approximate surface area is 128 Å². The van der Waals surface area contributed by atoms with Crippen molar-refractivity contribution >= 4 is 39.1 Å². The number of aryl methyl sites for hydroxylation is 2. The predicted octanol–water partition coefficient (Wildman–Crippen LogP) is 2.90. The average molecular weight is 308 g/mol. The Morgan fingerprint density at radius 1 is 1.20 bits per heavy atom. The molecule has 0 bridgehead atoms. The van der Waals surface area contributed by atoms with Gasteiger partial charge < -0.3 is 5.32 Å². The van der Waals surface area contributed by atoms with Crippen LogP contribution in [0.2, 0.25) is 0 Å². The van der Waals surface area contributed by atoms with Gasteiger partial charge in [-0.25, -0.2) is 9.97 Å². The normalized spacial score (nSPS) is 16.8. The fraction of sp³-hybridized carbons (Fsp3) is 0.571. The molecule has 0 atom stereocenters. The van der Waals surface area contributed by atoms with E-state index >= 15 is 0 Å². The van der Waals surface area contributed by atoms with E-state index < -0.39 is 0 Å². The van der Waals surface area contributed by atoms with E-state index in [1.807, 2.05) is 18.8 Å². The summed E-state index contributed by atoms with van der Waals surface area (Å²) in [5, 5.41) is 4.42. The lowest BCUT2D eigenvalue weighted by molar-refractivity contribution is 0.287. The Morgan fingerprint density at radius 3 is 2.65 bits per heavy atom. The molecule has 20 heavy (non-hydrogen) atoms. The highest BCUT2D eigenvalue weighted by Crippen LogP contribution is 2.33. The summed E-state index contributed by atoms with van der Waals surface area (Å²) in [6, 6.07) is 0. The van der Waals surface area contributed by atoms with Gasteiger partial charge in [-0.2, -0.15) is 11.8 Å². The maximum atomic E-state index is 4.78. The van der Waals surface area contributed by atoms with Crippen LogP contribution < -0.4 is 5.32 Å². The molecule has 3 rings (SSSR count). The third-order valence-electron chi connectivity index (χ3n) is 3.78. The number of hydrogen-bond acceptors (Lipinski definition) is 6. The van der Waals surface area contributed by atoms with Crippen LogP contribution in [-0.4, -0.2) is 46.5 Å². The summed E-state index contributed by atoms with van der Waals surface area (Å²) in [6.07, 6.45) is 0.